The molecule has 0 amide bonds. The molecule has 4 rings (SSSR count). The minimum Gasteiger partial charge on any atom is -0.493 e. The van der Waals surface area contributed by atoms with E-state index in [9.17, 15) is 5.11 Å². The predicted molar refractivity (Wildman–Crippen MR) is 75.4 cm³/mol. The molecule has 3 fully saturated rings. The highest BCUT2D eigenvalue weighted by atomic mass is 16.5. The maximum absolute atomic E-state index is 10.9. The van der Waals surface area contributed by atoms with Crippen molar-refractivity contribution in [2.75, 3.05) is 7.11 Å². The molecular weight excluding hydrogens is 252 g/mol. The Morgan fingerprint density at radius 3 is 2.50 bits per heavy atom. The molecule has 0 spiro atoms. The van der Waals surface area contributed by atoms with Crippen LogP contribution in [0.4, 0.5) is 0 Å². The number of rotatable bonds is 4. The molecule has 0 saturated heterocycles. The van der Waals surface area contributed by atoms with Crippen molar-refractivity contribution in [3.63, 3.8) is 0 Å². The van der Waals surface area contributed by atoms with Crippen LogP contribution in [-0.2, 0) is 0 Å². The third-order valence-corrected chi connectivity index (χ3v) is 5.95. The van der Waals surface area contributed by atoms with Crippen LogP contribution < -0.4 is 4.74 Å². The van der Waals surface area contributed by atoms with Crippen molar-refractivity contribution in [2.24, 2.45) is 29.6 Å². The molecule has 3 aliphatic rings. The second-order valence-electron chi connectivity index (χ2n) is 7.15. The zero-order chi connectivity index (χ0) is 14.0. The summed E-state index contributed by atoms with van der Waals surface area (Å²) in [6, 6.07) is 0.249. The van der Waals surface area contributed by atoms with Crippen LogP contribution in [0.5, 0.6) is 5.75 Å². The predicted octanol–water partition coefficient (Wildman–Crippen LogP) is 2.80. The summed E-state index contributed by atoms with van der Waals surface area (Å²) in [4.78, 5) is 0. The quantitative estimate of drug-likeness (QED) is 0.920. The lowest BCUT2D eigenvalue weighted by Gasteiger charge is -2.19. The van der Waals surface area contributed by atoms with Gasteiger partial charge in [0.05, 0.1) is 13.3 Å². The maximum Gasteiger partial charge on any atom is 0.162 e. The third kappa shape index (κ3) is 1.54. The van der Waals surface area contributed by atoms with E-state index < -0.39 is 6.10 Å². The molecule has 4 nitrogen and oxygen atoms in total. The van der Waals surface area contributed by atoms with Gasteiger partial charge in [-0.3, -0.25) is 4.68 Å². The highest BCUT2D eigenvalue weighted by Gasteiger charge is 2.67. The number of hydrogen-bond donors (Lipinski definition) is 1. The van der Waals surface area contributed by atoms with Gasteiger partial charge in [-0.2, -0.15) is 5.10 Å². The summed E-state index contributed by atoms with van der Waals surface area (Å²) in [5.41, 5.74) is 0.890. The molecule has 4 heteroatoms. The molecule has 0 aromatic carbocycles. The van der Waals surface area contributed by atoms with Gasteiger partial charge in [-0.15, -0.1) is 0 Å². The molecule has 0 radical (unpaired) electrons. The summed E-state index contributed by atoms with van der Waals surface area (Å²) in [6.45, 7) is 4.19. The molecule has 3 saturated carbocycles. The summed E-state index contributed by atoms with van der Waals surface area (Å²) in [5, 5.41) is 15.3. The number of ether oxygens (including phenoxy) is 1. The number of aliphatic hydroxyl groups is 1. The second-order valence-corrected chi connectivity index (χ2v) is 7.15. The first kappa shape index (κ1) is 12.7. The Labute approximate surface area is 120 Å². The average Bonchev–Trinajstić information content (AvgIpc) is 2.82. The molecule has 1 aromatic heterocycles. The Bertz CT molecular complexity index is 509. The molecule has 1 aromatic rings. The van der Waals surface area contributed by atoms with Crippen molar-refractivity contribution in [2.45, 2.75) is 45.3 Å². The van der Waals surface area contributed by atoms with Gasteiger partial charge in [-0.1, -0.05) is 0 Å². The van der Waals surface area contributed by atoms with Crippen LogP contribution in [0.1, 0.15) is 50.9 Å². The van der Waals surface area contributed by atoms with E-state index in [1.54, 1.807) is 13.3 Å². The second kappa shape index (κ2) is 4.23. The van der Waals surface area contributed by atoms with Gasteiger partial charge in [0.15, 0.2) is 5.75 Å². The number of methoxy groups -OCH3 is 1. The number of aliphatic hydroxyl groups excluding tert-OH is 1. The van der Waals surface area contributed by atoms with Crippen molar-refractivity contribution in [1.29, 1.82) is 0 Å². The minimum absolute atomic E-state index is 0.249. The minimum atomic E-state index is -0.409. The zero-order valence-corrected chi connectivity index (χ0v) is 12.5. The summed E-state index contributed by atoms with van der Waals surface area (Å²) in [5.74, 6) is 4.48. The van der Waals surface area contributed by atoms with Gasteiger partial charge in [0.1, 0.15) is 11.8 Å². The van der Waals surface area contributed by atoms with E-state index in [4.69, 9.17) is 4.74 Å². The van der Waals surface area contributed by atoms with E-state index in [2.05, 4.69) is 18.9 Å². The molecular formula is C16H24N2O2. The van der Waals surface area contributed by atoms with E-state index in [0.29, 0.717) is 5.92 Å². The Hall–Kier alpha value is -1.03. The molecule has 1 heterocycles. The molecule has 2 bridgehead atoms. The van der Waals surface area contributed by atoms with E-state index in [0.717, 1.165) is 35.1 Å². The summed E-state index contributed by atoms with van der Waals surface area (Å²) < 4.78 is 7.35. The fourth-order valence-electron chi connectivity index (χ4n) is 5.20. The van der Waals surface area contributed by atoms with Crippen molar-refractivity contribution in [3.05, 3.63) is 11.9 Å². The fourth-order valence-corrected chi connectivity index (χ4v) is 5.20. The molecule has 1 N–H and O–H groups in total. The van der Waals surface area contributed by atoms with Crippen LogP contribution in [-0.4, -0.2) is 22.0 Å². The van der Waals surface area contributed by atoms with Crippen molar-refractivity contribution in [3.8, 4) is 5.75 Å². The van der Waals surface area contributed by atoms with E-state index in [1.807, 2.05) is 4.68 Å². The molecule has 5 atom stereocenters. The van der Waals surface area contributed by atoms with Crippen LogP contribution >= 0.6 is 0 Å². The average molecular weight is 276 g/mol. The first-order valence-corrected chi connectivity index (χ1v) is 7.93. The van der Waals surface area contributed by atoms with Gasteiger partial charge in [0, 0.05) is 6.04 Å². The maximum atomic E-state index is 10.9. The van der Waals surface area contributed by atoms with Crippen LogP contribution in [0.15, 0.2) is 6.20 Å². The summed E-state index contributed by atoms with van der Waals surface area (Å²) >= 11 is 0. The highest BCUT2D eigenvalue weighted by Crippen LogP contribution is 2.72. The van der Waals surface area contributed by atoms with Gasteiger partial charge in [-0.25, -0.2) is 0 Å². The van der Waals surface area contributed by atoms with Crippen molar-refractivity contribution < 1.29 is 9.84 Å². The lowest BCUT2D eigenvalue weighted by atomic mass is 9.97. The van der Waals surface area contributed by atoms with E-state index in [1.165, 1.54) is 19.3 Å². The number of nitrogens with zero attached hydrogens (tertiary/aromatic N) is 2. The molecule has 3 aliphatic carbocycles. The molecule has 20 heavy (non-hydrogen) atoms. The zero-order valence-electron chi connectivity index (χ0n) is 12.5. The van der Waals surface area contributed by atoms with Crippen LogP contribution in [0.3, 0.4) is 0 Å². The van der Waals surface area contributed by atoms with Gasteiger partial charge in [0.25, 0.3) is 0 Å². The third-order valence-electron chi connectivity index (χ3n) is 5.95. The van der Waals surface area contributed by atoms with Crippen molar-refractivity contribution in [1.82, 2.24) is 9.78 Å². The summed E-state index contributed by atoms with van der Waals surface area (Å²) in [6.07, 6.45) is 5.52. The van der Waals surface area contributed by atoms with Gasteiger partial charge in [-0.05, 0) is 62.7 Å². The Morgan fingerprint density at radius 2 is 1.95 bits per heavy atom. The van der Waals surface area contributed by atoms with Gasteiger partial charge >= 0.3 is 0 Å². The molecule has 5 unspecified atom stereocenters. The van der Waals surface area contributed by atoms with Gasteiger partial charge in [0.2, 0.25) is 0 Å². The smallest absolute Gasteiger partial charge is 0.162 e. The lowest BCUT2D eigenvalue weighted by Crippen LogP contribution is -2.16. The van der Waals surface area contributed by atoms with Crippen molar-refractivity contribution >= 4 is 0 Å². The summed E-state index contributed by atoms with van der Waals surface area (Å²) in [7, 11) is 1.66. The number of aromatic nitrogens is 2. The Balaban J connectivity index is 1.63. The monoisotopic (exact) mass is 276 g/mol. The number of hydrogen-bond acceptors (Lipinski definition) is 3. The van der Waals surface area contributed by atoms with E-state index in [-0.39, 0.29) is 6.04 Å². The standard InChI is InChI=1S/C16H24N2O2/c1-8(2)18-15(11(20-3)7-17-18)16(19)14-12-9-4-5-10(6-9)13(12)14/h7-10,12-14,16,19H,4-6H2,1-3H3. The van der Waals surface area contributed by atoms with Crippen LogP contribution in [0.2, 0.25) is 0 Å². The lowest BCUT2D eigenvalue weighted by molar-refractivity contribution is 0.115. The largest absolute Gasteiger partial charge is 0.493 e. The normalized spacial score (nSPS) is 39.1. The van der Waals surface area contributed by atoms with E-state index >= 15 is 0 Å². The fraction of sp³-hybridized carbons (Fsp3) is 0.812. The Kier molecular flexibility index (Phi) is 2.69. The first-order valence-electron chi connectivity index (χ1n) is 7.93. The topological polar surface area (TPSA) is 47.3 Å². The van der Waals surface area contributed by atoms with Crippen LogP contribution in [0.25, 0.3) is 0 Å². The SMILES string of the molecule is COc1cnn(C(C)C)c1C(O)C1C2C3CCC(C3)C21. The molecule has 110 valence electrons. The number of fused-ring (bicyclic) bond motifs is 5. The van der Waals surface area contributed by atoms with Crippen LogP contribution in [0, 0.1) is 29.6 Å². The van der Waals surface area contributed by atoms with Gasteiger partial charge < -0.3 is 9.84 Å². The highest BCUT2D eigenvalue weighted by molar-refractivity contribution is 5.31. The Morgan fingerprint density at radius 1 is 1.30 bits per heavy atom. The first-order chi connectivity index (χ1) is 9.63. The molecule has 0 aliphatic heterocycles.